The maximum atomic E-state index is 10.9. The standard InChI is InChI=1S/C7H11O5P/c1-3-4-11-7(8)6(2)5-12-13(9)10/h5H,3-4H2,1-2H3/b6-5+. The van der Waals surface area contributed by atoms with Gasteiger partial charge in [0, 0.05) is 0 Å². The van der Waals surface area contributed by atoms with Crippen LogP contribution < -0.4 is 4.89 Å². The van der Waals surface area contributed by atoms with Gasteiger partial charge in [-0.3, -0.25) is 4.52 Å². The van der Waals surface area contributed by atoms with Crippen molar-refractivity contribution in [3.8, 4) is 0 Å². The maximum absolute atomic E-state index is 10.9. The van der Waals surface area contributed by atoms with Crippen LogP contribution in [0, 0.1) is 0 Å². The molecule has 1 unspecified atom stereocenters. The second-order valence-electron chi connectivity index (χ2n) is 2.27. The van der Waals surface area contributed by atoms with Gasteiger partial charge < -0.3 is 9.63 Å². The minimum absolute atomic E-state index is 0.118. The summed E-state index contributed by atoms with van der Waals surface area (Å²) in [6.07, 6.45) is 1.57. The van der Waals surface area contributed by atoms with Crippen LogP contribution in [-0.4, -0.2) is 12.6 Å². The molecule has 0 N–H and O–H groups in total. The van der Waals surface area contributed by atoms with E-state index in [2.05, 4.69) is 4.52 Å². The van der Waals surface area contributed by atoms with E-state index in [-0.39, 0.29) is 5.57 Å². The van der Waals surface area contributed by atoms with E-state index in [9.17, 15) is 14.3 Å². The van der Waals surface area contributed by atoms with Crippen LogP contribution in [0.3, 0.4) is 0 Å². The second kappa shape index (κ2) is 6.57. The fourth-order valence-electron chi connectivity index (χ4n) is 0.479. The van der Waals surface area contributed by atoms with Gasteiger partial charge >= 0.3 is 14.2 Å². The Kier molecular flexibility index (Phi) is 6.10. The molecule has 0 aliphatic heterocycles. The molecule has 0 aromatic heterocycles. The van der Waals surface area contributed by atoms with Crippen LogP contribution in [0.15, 0.2) is 11.8 Å². The van der Waals surface area contributed by atoms with Crippen molar-refractivity contribution in [2.24, 2.45) is 0 Å². The lowest BCUT2D eigenvalue weighted by Crippen LogP contribution is -2.06. The summed E-state index contributed by atoms with van der Waals surface area (Å²) in [6.45, 7) is 3.59. The SMILES string of the molecule is CCCOC(=O)/C(C)=C/O[P+](=O)[O-]. The van der Waals surface area contributed by atoms with Crippen molar-refractivity contribution < 1.29 is 23.5 Å². The van der Waals surface area contributed by atoms with Crippen molar-refractivity contribution in [3.05, 3.63) is 11.8 Å². The molecule has 0 bridgehead atoms. The Morgan fingerprint density at radius 3 is 2.69 bits per heavy atom. The van der Waals surface area contributed by atoms with Crippen LogP contribution in [0.2, 0.25) is 0 Å². The van der Waals surface area contributed by atoms with Crippen LogP contribution in [0.5, 0.6) is 0 Å². The number of hydrogen-bond acceptors (Lipinski definition) is 5. The zero-order valence-corrected chi connectivity index (χ0v) is 8.37. The molecule has 0 heterocycles. The van der Waals surface area contributed by atoms with E-state index in [1.165, 1.54) is 6.92 Å². The Morgan fingerprint density at radius 1 is 1.62 bits per heavy atom. The van der Waals surface area contributed by atoms with Gasteiger partial charge in [0.25, 0.3) is 0 Å². The topological polar surface area (TPSA) is 75.7 Å². The van der Waals surface area contributed by atoms with Gasteiger partial charge in [0.15, 0.2) is 6.26 Å². The summed E-state index contributed by atoms with van der Waals surface area (Å²) in [5, 5.41) is 0. The Morgan fingerprint density at radius 2 is 2.23 bits per heavy atom. The molecule has 0 spiro atoms. The summed E-state index contributed by atoms with van der Waals surface area (Å²) < 4.78 is 18.8. The molecule has 0 radical (unpaired) electrons. The van der Waals surface area contributed by atoms with Crippen molar-refractivity contribution in [3.63, 3.8) is 0 Å². The lowest BCUT2D eigenvalue weighted by Gasteiger charge is -2.00. The average molecular weight is 206 g/mol. The Labute approximate surface area is 77.3 Å². The largest absolute Gasteiger partial charge is 0.558 e. The van der Waals surface area contributed by atoms with E-state index >= 15 is 0 Å². The minimum Gasteiger partial charge on any atom is -0.558 e. The summed E-state index contributed by atoms with van der Waals surface area (Å²) in [5.41, 5.74) is 0.118. The first-order valence-corrected chi connectivity index (χ1v) is 4.82. The lowest BCUT2D eigenvalue weighted by atomic mass is 10.3. The zero-order chi connectivity index (χ0) is 10.3. The van der Waals surface area contributed by atoms with Crippen molar-refractivity contribution in [1.82, 2.24) is 0 Å². The predicted molar refractivity (Wildman–Crippen MR) is 43.7 cm³/mol. The third kappa shape index (κ3) is 6.25. The predicted octanol–water partition coefficient (Wildman–Crippen LogP) is 0.878. The molecule has 0 aromatic rings. The van der Waals surface area contributed by atoms with Crippen molar-refractivity contribution in [2.75, 3.05) is 6.61 Å². The molecule has 5 nitrogen and oxygen atoms in total. The number of hydrogen-bond donors (Lipinski definition) is 0. The number of rotatable bonds is 5. The van der Waals surface area contributed by atoms with Crippen molar-refractivity contribution in [2.45, 2.75) is 20.3 Å². The van der Waals surface area contributed by atoms with Gasteiger partial charge in [-0.05, 0) is 17.9 Å². The highest BCUT2D eigenvalue weighted by molar-refractivity contribution is 7.30. The lowest BCUT2D eigenvalue weighted by molar-refractivity contribution is -0.181. The zero-order valence-electron chi connectivity index (χ0n) is 7.48. The number of ether oxygens (including phenoxy) is 1. The van der Waals surface area contributed by atoms with E-state index in [0.29, 0.717) is 6.61 Å². The average Bonchev–Trinajstić information content (AvgIpc) is 2.10. The third-order valence-corrected chi connectivity index (χ3v) is 1.35. The number of esters is 1. The summed E-state index contributed by atoms with van der Waals surface area (Å²) in [6, 6.07) is 0. The summed E-state index contributed by atoms with van der Waals surface area (Å²) in [5.74, 6) is -0.571. The van der Waals surface area contributed by atoms with E-state index in [1.807, 2.05) is 6.92 Å². The highest BCUT2D eigenvalue weighted by Gasteiger charge is 2.07. The van der Waals surface area contributed by atoms with Crippen LogP contribution in [0.4, 0.5) is 0 Å². The third-order valence-electron chi connectivity index (χ3n) is 1.07. The van der Waals surface area contributed by atoms with Gasteiger partial charge in [-0.2, -0.15) is 0 Å². The van der Waals surface area contributed by atoms with Crippen LogP contribution in [-0.2, 0) is 18.6 Å². The van der Waals surface area contributed by atoms with E-state index in [1.54, 1.807) is 0 Å². The van der Waals surface area contributed by atoms with Crippen LogP contribution in [0.25, 0.3) is 0 Å². The molecule has 0 saturated heterocycles. The maximum Gasteiger partial charge on any atom is 0.538 e. The summed E-state index contributed by atoms with van der Waals surface area (Å²) >= 11 is 0. The van der Waals surface area contributed by atoms with E-state index < -0.39 is 14.2 Å². The van der Waals surface area contributed by atoms with E-state index in [4.69, 9.17) is 4.74 Å². The molecule has 0 amide bonds. The quantitative estimate of drug-likeness (QED) is 0.289. The monoisotopic (exact) mass is 206 g/mol. The first kappa shape index (κ1) is 12.1. The molecule has 0 aliphatic carbocycles. The molecular weight excluding hydrogens is 195 g/mol. The molecule has 74 valence electrons. The van der Waals surface area contributed by atoms with Crippen LogP contribution >= 0.6 is 8.25 Å². The molecule has 0 fully saturated rings. The fourth-order valence-corrected chi connectivity index (χ4v) is 0.723. The fraction of sp³-hybridized carbons (Fsp3) is 0.571. The van der Waals surface area contributed by atoms with Gasteiger partial charge in [-0.15, -0.1) is 0 Å². The molecular formula is C7H11O5P. The highest BCUT2D eigenvalue weighted by Crippen LogP contribution is 2.11. The van der Waals surface area contributed by atoms with Gasteiger partial charge in [-0.1, -0.05) is 6.92 Å². The number of carbonyl (C=O) groups is 1. The second-order valence-corrected chi connectivity index (χ2v) is 2.92. The number of carbonyl (C=O) groups excluding carboxylic acids is 1. The van der Waals surface area contributed by atoms with Gasteiger partial charge in [0.1, 0.15) is 0 Å². The first-order valence-electron chi connectivity index (χ1n) is 3.73. The Bertz CT molecular complexity index is 223. The molecule has 1 atom stereocenters. The van der Waals surface area contributed by atoms with Gasteiger partial charge in [-0.25, -0.2) is 4.79 Å². The van der Waals surface area contributed by atoms with Crippen molar-refractivity contribution >= 4 is 14.2 Å². The Balaban J connectivity index is 3.93. The van der Waals surface area contributed by atoms with Crippen molar-refractivity contribution in [1.29, 1.82) is 0 Å². The van der Waals surface area contributed by atoms with E-state index in [0.717, 1.165) is 12.7 Å². The molecule has 13 heavy (non-hydrogen) atoms. The molecule has 6 heteroatoms. The smallest absolute Gasteiger partial charge is 0.538 e. The normalized spacial score (nSPS) is 12.2. The highest BCUT2D eigenvalue weighted by atomic mass is 31.1. The summed E-state index contributed by atoms with van der Waals surface area (Å²) in [4.78, 5) is 20.9. The first-order chi connectivity index (χ1) is 6.07. The van der Waals surface area contributed by atoms with Gasteiger partial charge in [0.05, 0.1) is 12.2 Å². The van der Waals surface area contributed by atoms with Crippen LogP contribution in [0.1, 0.15) is 20.3 Å². The molecule has 0 aliphatic rings. The Hall–Kier alpha value is -0.930. The molecule has 0 rings (SSSR count). The summed E-state index contributed by atoms with van der Waals surface area (Å²) in [7, 11) is -2.95. The minimum atomic E-state index is -2.95. The molecule has 0 aromatic carbocycles. The van der Waals surface area contributed by atoms with Gasteiger partial charge in [0.2, 0.25) is 0 Å². The molecule has 0 saturated carbocycles.